The number of alkyl halides is 3. The molecule has 0 aliphatic heterocycles. The van der Waals surface area contributed by atoms with E-state index in [9.17, 15) is 27.6 Å². The summed E-state index contributed by atoms with van der Waals surface area (Å²) in [4.78, 5) is 35.5. The number of halogens is 4. The molecule has 1 unspecified atom stereocenters. The summed E-state index contributed by atoms with van der Waals surface area (Å²) in [6, 6.07) is 3.02. The molecule has 0 saturated heterocycles. The Bertz CT molecular complexity index is 698. The number of quaternary nitrogens is 1. The average Bonchev–Trinajstić information content (AvgIpc) is 2.54. The summed E-state index contributed by atoms with van der Waals surface area (Å²) in [5.74, 6) is -1.23. The van der Waals surface area contributed by atoms with E-state index in [2.05, 4.69) is 10.1 Å². The Hall–Kier alpha value is -2.33. The minimum Gasteiger partial charge on any atom is -0.450 e. The number of carbonyl (C=O) groups is 3. The van der Waals surface area contributed by atoms with Crippen LogP contribution in [0, 0.1) is 0 Å². The number of likely N-dealkylation sites (N-methyl/N-ethyl adjacent to an activating group) is 1. The topological polar surface area (TPSA) is 88.9 Å². The molecule has 0 fully saturated rings. The van der Waals surface area contributed by atoms with Gasteiger partial charge in [-0.1, -0.05) is 11.6 Å². The molecule has 0 aliphatic rings. The van der Waals surface area contributed by atoms with Crippen molar-refractivity contribution in [3.05, 3.63) is 28.8 Å². The lowest BCUT2D eigenvalue weighted by Gasteiger charge is -2.17. The van der Waals surface area contributed by atoms with Gasteiger partial charge in [-0.3, -0.25) is 14.9 Å². The smallest absolute Gasteiger partial charge is 0.417 e. The van der Waals surface area contributed by atoms with Crippen LogP contribution in [-0.2, 0) is 20.5 Å². The van der Waals surface area contributed by atoms with Gasteiger partial charge in [0.25, 0.3) is 11.8 Å². The number of ether oxygens (including phenoxy) is 1. The zero-order valence-corrected chi connectivity index (χ0v) is 15.5. The van der Waals surface area contributed by atoms with Crippen LogP contribution in [0.25, 0.3) is 0 Å². The van der Waals surface area contributed by atoms with Gasteiger partial charge < -0.3 is 15.0 Å². The summed E-state index contributed by atoms with van der Waals surface area (Å²) in [6.07, 6.45) is -5.53. The van der Waals surface area contributed by atoms with E-state index in [1.807, 2.05) is 5.32 Å². The van der Waals surface area contributed by atoms with Crippen LogP contribution in [0.5, 0.6) is 0 Å². The number of alkyl carbamates (subject to hydrolysis) is 1. The molecule has 0 spiro atoms. The van der Waals surface area contributed by atoms with Crippen molar-refractivity contribution >= 4 is 35.2 Å². The fourth-order valence-electron chi connectivity index (χ4n) is 2.12. The number of amides is 3. The Morgan fingerprint density at radius 3 is 2.33 bits per heavy atom. The molecule has 1 aromatic rings. The first-order valence-electron chi connectivity index (χ1n) is 8.03. The third-order valence-corrected chi connectivity index (χ3v) is 3.72. The van der Waals surface area contributed by atoms with Crippen molar-refractivity contribution in [2.75, 3.05) is 31.6 Å². The zero-order chi connectivity index (χ0) is 20.6. The predicted octanol–water partition coefficient (Wildman–Crippen LogP) is 1.47. The third kappa shape index (κ3) is 7.83. The highest BCUT2D eigenvalue weighted by molar-refractivity contribution is 6.31. The molecule has 0 heterocycles. The predicted molar refractivity (Wildman–Crippen MR) is 91.5 cm³/mol. The summed E-state index contributed by atoms with van der Waals surface area (Å²) in [6.45, 7) is 3.40. The molecule has 1 atom stereocenters. The first kappa shape index (κ1) is 22.7. The van der Waals surface area contributed by atoms with Crippen LogP contribution in [0.4, 0.5) is 23.7 Å². The van der Waals surface area contributed by atoms with Gasteiger partial charge in [0.05, 0.1) is 23.7 Å². The molecule has 0 bridgehead atoms. The molecule has 0 radical (unpaired) electrons. The van der Waals surface area contributed by atoms with Crippen molar-refractivity contribution in [2.24, 2.45) is 0 Å². The van der Waals surface area contributed by atoms with E-state index >= 15 is 0 Å². The standard InChI is InChI=1S/C16H19ClF3N3O4/c1-3-23(9-14(25)22-15(26)27-4-2)8-13(24)21-10-5-6-12(17)11(7-10)16(18,19)20/h5-7H,3-4,8-9H2,1-2H3,(H,21,24)(H,22,25,26)/p+1. The Balaban J connectivity index is 2.66. The fourth-order valence-corrected chi connectivity index (χ4v) is 2.34. The largest absolute Gasteiger partial charge is 0.450 e. The van der Waals surface area contributed by atoms with E-state index in [4.69, 9.17) is 11.6 Å². The SMILES string of the molecule is CCOC(=O)NC(=O)C[NH+](CC)CC(=O)Nc1ccc(Cl)c(C(F)(F)F)c1. The number of hydrogen-bond donors (Lipinski definition) is 3. The van der Waals surface area contributed by atoms with Crippen LogP contribution >= 0.6 is 11.6 Å². The van der Waals surface area contributed by atoms with Crippen molar-refractivity contribution in [3.8, 4) is 0 Å². The number of rotatable bonds is 7. The lowest BCUT2D eigenvalue weighted by molar-refractivity contribution is -0.881. The summed E-state index contributed by atoms with van der Waals surface area (Å²) >= 11 is 5.53. The first-order chi connectivity index (χ1) is 12.6. The summed E-state index contributed by atoms with van der Waals surface area (Å²) in [5, 5.41) is 3.87. The molecule has 27 heavy (non-hydrogen) atoms. The van der Waals surface area contributed by atoms with E-state index in [-0.39, 0.29) is 25.4 Å². The molecule has 0 saturated carbocycles. The maximum Gasteiger partial charge on any atom is 0.417 e. The van der Waals surface area contributed by atoms with Gasteiger partial charge in [-0.15, -0.1) is 0 Å². The van der Waals surface area contributed by atoms with Crippen molar-refractivity contribution in [3.63, 3.8) is 0 Å². The summed E-state index contributed by atoms with van der Waals surface area (Å²) < 4.78 is 43.1. The van der Waals surface area contributed by atoms with Gasteiger partial charge in [0.15, 0.2) is 13.1 Å². The van der Waals surface area contributed by atoms with Gasteiger partial charge in [-0.2, -0.15) is 13.2 Å². The number of nitrogens with one attached hydrogen (secondary N) is 3. The summed E-state index contributed by atoms with van der Waals surface area (Å²) in [7, 11) is 0. The van der Waals surface area contributed by atoms with Gasteiger partial charge in [0, 0.05) is 5.69 Å². The quantitative estimate of drug-likeness (QED) is 0.635. The molecule has 0 aromatic heterocycles. The van der Waals surface area contributed by atoms with Crippen molar-refractivity contribution in [1.82, 2.24) is 5.32 Å². The highest BCUT2D eigenvalue weighted by Crippen LogP contribution is 2.36. The van der Waals surface area contributed by atoms with Crippen molar-refractivity contribution in [1.29, 1.82) is 0 Å². The molecule has 150 valence electrons. The minimum atomic E-state index is -4.65. The van der Waals surface area contributed by atoms with Crippen molar-refractivity contribution in [2.45, 2.75) is 20.0 Å². The van der Waals surface area contributed by atoms with Crippen LogP contribution in [0.1, 0.15) is 19.4 Å². The molecular formula is C16H20ClF3N3O4+. The van der Waals surface area contributed by atoms with Crippen LogP contribution in [0.2, 0.25) is 5.02 Å². The first-order valence-corrected chi connectivity index (χ1v) is 8.41. The second-order valence-electron chi connectivity index (χ2n) is 5.47. The molecule has 11 heteroatoms. The molecule has 3 amide bonds. The maximum atomic E-state index is 12.8. The highest BCUT2D eigenvalue weighted by atomic mass is 35.5. The van der Waals surface area contributed by atoms with E-state index in [0.717, 1.165) is 12.1 Å². The molecular weight excluding hydrogens is 391 g/mol. The Morgan fingerprint density at radius 2 is 1.78 bits per heavy atom. The van der Waals surface area contributed by atoms with E-state index in [1.165, 1.54) is 6.07 Å². The number of imide groups is 1. The van der Waals surface area contributed by atoms with Gasteiger partial charge >= 0.3 is 12.3 Å². The number of benzene rings is 1. The van der Waals surface area contributed by atoms with Gasteiger partial charge in [-0.25, -0.2) is 4.79 Å². The molecule has 1 rings (SSSR count). The van der Waals surface area contributed by atoms with Gasteiger partial charge in [0.2, 0.25) is 0 Å². The lowest BCUT2D eigenvalue weighted by atomic mass is 10.2. The molecule has 1 aromatic carbocycles. The zero-order valence-electron chi connectivity index (χ0n) is 14.7. The van der Waals surface area contributed by atoms with Crippen molar-refractivity contribution < 1.29 is 37.2 Å². The normalized spacial score (nSPS) is 12.2. The monoisotopic (exact) mass is 410 g/mol. The van der Waals surface area contributed by atoms with Crippen LogP contribution < -0.4 is 15.5 Å². The summed E-state index contributed by atoms with van der Waals surface area (Å²) in [5.41, 5.74) is -1.13. The number of hydrogen-bond acceptors (Lipinski definition) is 4. The van der Waals surface area contributed by atoms with Crippen LogP contribution in [0.3, 0.4) is 0 Å². The Labute approximate surface area is 158 Å². The van der Waals surface area contributed by atoms with Crippen LogP contribution in [0.15, 0.2) is 18.2 Å². The average molecular weight is 411 g/mol. The molecule has 0 aliphatic carbocycles. The minimum absolute atomic E-state index is 0.0665. The Morgan fingerprint density at radius 1 is 1.15 bits per heavy atom. The molecule has 3 N–H and O–H groups in total. The van der Waals surface area contributed by atoms with E-state index in [0.29, 0.717) is 11.4 Å². The fraction of sp³-hybridized carbons (Fsp3) is 0.438. The second kappa shape index (κ2) is 10.1. The second-order valence-corrected chi connectivity index (χ2v) is 5.87. The van der Waals surface area contributed by atoms with E-state index in [1.54, 1.807) is 13.8 Å². The number of anilines is 1. The maximum absolute atomic E-state index is 12.8. The van der Waals surface area contributed by atoms with Gasteiger partial charge in [0.1, 0.15) is 0 Å². The Kier molecular flexibility index (Phi) is 8.51. The molecule has 7 nitrogen and oxygen atoms in total. The van der Waals surface area contributed by atoms with Gasteiger partial charge in [-0.05, 0) is 32.0 Å². The number of carbonyl (C=O) groups excluding carboxylic acids is 3. The lowest BCUT2D eigenvalue weighted by Crippen LogP contribution is -3.14. The van der Waals surface area contributed by atoms with E-state index < -0.39 is 34.7 Å². The highest BCUT2D eigenvalue weighted by Gasteiger charge is 2.33. The third-order valence-electron chi connectivity index (χ3n) is 3.39. The van der Waals surface area contributed by atoms with Crippen LogP contribution in [-0.4, -0.2) is 44.1 Å².